The molecule has 0 saturated heterocycles. The molecule has 7 heteroatoms. The maximum atomic E-state index is 11.6. The van der Waals surface area contributed by atoms with Gasteiger partial charge in [0.2, 0.25) is 0 Å². The van der Waals surface area contributed by atoms with E-state index in [1.807, 2.05) is 6.07 Å². The van der Waals surface area contributed by atoms with E-state index in [2.05, 4.69) is 10.3 Å². The smallest absolute Gasteiger partial charge is 0.303 e. The first kappa shape index (κ1) is 14.6. The van der Waals surface area contributed by atoms with Crippen molar-refractivity contribution in [3.63, 3.8) is 0 Å². The number of aryl methyl sites for hydroxylation is 1. The minimum absolute atomic E-state index is 0.0250. The molecule has 0 aliphatic heterocycles. The lowest BCUT2D eigenvalue weighted by Crippen LogP contribution is -2.20. The van der Waals surface area contributed by atoms with Crippen LogP contribution in [0.3, 0.4) is 0 Å². The molecule has 1 aromatic carbocycles. The maximum absolute atomic E-state index is 11.6. The molecule has 0 bridgehead atoms. The minimum Gasteiger partial charge on any atom is -0.484 e. The molecule has 0 aliphatic carbocycles. The summed E-state index contributed by atoms with van der Waals surface area (Å²) >= 11 is 0. The molecule has 2 N–H and O–H groups in total. The van der Waals surface area contributed by atoms with E-state index in [1.165, 1.54) is 6.26 Å². The summed E-state index contributed by atoms with van der Waals surface area (Å²) in [6, 6.07) is 8.95. The van der Waals surface area contributed by atoms with Crippen molar-refractivity contribution < 1.29 is 23.8 Å². The molecule has 0 radical (unpaired) electrons. The number of nitrogens with zero attached hydrogens (tertiary/aromatic N) is 1. The molecule has 2 rings (SSSR count). The highest BCUT2D eigenvalue weighted by Crippen LogP contribution is 2.10. The molecular weight excluding hydrogens is 276 g/mol. The lowest BCUT2D eigenvalue weighted by molar-refractivity contribution is -0.137. The van der Waals surface area contributed by atoms with Gasteiger partial charge in [0.1, 0.15) is 12.0 Å². The Morgan fingerprint density at radius 3 is 2.76 bits per heavy atom. The van der Waals surface area contributed by atoms with Crippen LogP contribution in [0.4, 0.5) is 6.01 Å². The van der Waals surface area contributed by atoms with Crippen molar-refractivity contribution in [3.8, 4) is 5.75 Å². The van der Waals surface area contributed by atoms with Crippen molar-refractivity contribution in [2.45, 2.75) is 12.8 Å². The number of carbonyl (C=O) groups is 2. The van der Waals surface area contributed by atoms with Gasteiger partial charge >= 0.3 is 12.0 Å². The van der Waals surface area contributed by atoms with Crippen molar-refractivity contribution in [1.29, 1.82) is 0 Å². The Balaban J connectivity index is 1.78. The first-order valence-corrected chi connectivity index (χ1v) is 6.27. The summed E-state index contributed by atoms with van der Waals surface area (Å²) in [5.74, 6) is -0.743. The molecule has 0 atom stereocenters. The number of para-hydroxylation sites is 1. The molecule has 1 aromatic heterocycles. The van der Waals surface area contributed by atoms with Gasteiger partial charge in [-0.25, -0.2) is 0 Å². The molecule has 21 heavy (non-hydrogen) atoms. The largest absolute Gasteiger partial charge is 0.484 e. The zero-order chi connectivity index (χ0) is 15.1. The van der Waals surface area contributed by atoms with E-state index in [-0.39, 0.29) is 25.5 Å². The Bertz CT molecular complexity index is 609. The number of hydrogen-bond donors (Lipinski definition) is 2. The number of anilines is 1. The summed E-state index contributed by atoms with van der Waals surface area (Å²) in [6.45, 7) is -0.170. The van der Waals surface area contributed by atoms with Gasteiger partial charge < -0.3 is 14.3 Å². The van der Waals surface area contributed by atoms with Gasteiger partial charge in [-0.15, -0.1) is 0 Å². The van der Waals surface area contributed by atoms with Gasteiger partial charge in [-0.05, 0) is 12.1 Å². The van der Waals surface area contributed by atoms with Crippen molar-refractivity contribution in [2.24, 2.45) is 0 Å². The Kier molecular flexibility index (Phi) is 4.92. The fraction of sp³-hybridized carbons (Fsp3) is 0.214. The minimum atomic E-state index is -0.917. The summed E-state index contributed by atoms with van der Waals surface area (Å²) < 4.78 is 10.3. The Morgan fingerprint density at radius 2 is 2.05 bits per heavy atom. The highest BCUT2D eigenvalue weighted by atomic mass is 16.5. The van der Waals surface area contributed by atoms with Crippen molar-refractivity contribution >= 4 is 17.9 Å². The van der Waals surface area contributed by atoms with Gasteiger partial charge in [-0.1, -0.05) is 18.2 Å². The van der Waals surface area contributed by atoms with Gasteiger partial charge in [0.25, 0.3) is 5.91 Å². The number of hydrogen-bond acceptors (Lipinski definition) is 5. The number of carboxylic acids is 1. The second-order valence-corrected chi connectivity index (χ2v) is 4.19. The van der Waals surface area contributed by atoms with Crippen LogP contribution in [0.25, 0.3) is 0 Å². The van der Waals surface area contributed by atoms with Crippen LogP contribution in [0.5, 0.6) is 5.75 Å². The average molecular weight is 290 g/mol. The third-order valence-corrected chi connectivity index (χ3v) is 2.51. The van der Waals surface area contributed by atoms with Crippen LogP contribution >= 0.6 is 0 Å². The molecule has 2 aromatic rings. The monoisotopic (exact) mass is 290 g/mol. The lowest BCUT2D eigenvalue weighted by Gasteiger charge is -2.04. The summed E-state index contributed by atoms with van der Waals surface area (Å²) in [5, 5.41) is 11.0. The molecule has 1 heterocycles. The van der Waals surface area contributed by atoms with Gasteiger partial charge in [-0.3, -0.25) is 14.9 Å². The number of rotatable bonds is 7. The molecule has 7 nitrogen and oxygen atoms in total. The Morgan fingerprint density at radius 1 is 1.29 bits per heavy atom. The second-order valence-electron chi connectivity index (χ2n) is 4.19. The molecule has 110 valence electrons. The van der Waals surface area contributed by atoms with E-state index in [0.29, 0.717) is 11.4 Å². The predicted octanol–water partition coefficient (Wildman–Crippen LogP) is 1.71. The summed E-state index contributed by atoms with van der Waals surface area (Å²) in [4.78, 5) is 26.0. The lowest BCUT2D eigenvalue weighted by atomic mass is 10.2. The van der Waals surface area contributed by atoms with Gasteiger partial charge in [0, 0.05) is 6.42 Å². The number of aromatic nitrogens is 1. The van der Waals surface area contributed by atoms with Crippen LogP contribution in [0.1, 0.15) is 12.1 Å². The van der Waals surface area contributed by atoms with Gasteiger partial charge in [0.05, 0.1) is 12.1 Å². The Labute approximate surface area is 120 Å². The normalized spacial score (nSPS) is 10.1. The molecule has 0 spiro atoms. The first-order chi connectivity index (χ1) is 10.1. The zero-order valence-corrected chi connectivity index (χ0v) is 11.1. The number of carbonyl (C=O) groups excluding carboxylic acids is 1. The van der Waals surface area contributed by atoms with Crippen molar-refractivity contribution in [1.82, 2.24) is 4.98 Å². The number of nitrogens with one attached hydrogen (secondary N) is 1. The van der Waals surface area contributed by atoms with Crippen LogP contribution in [-0.2, 0) is 16.0 Å². The summed E-state index contributed by atoms with van der Waals surface area (Å²) in [6.07, 6.45) is 1.52. The number of carboxylic acid groups (broad SMARTS) is 1. The van der Waals surface area contributed by atoms with Crippen molar-refractivity contribution in [3.05, 3.63) is 42.3 Å². The molecule has 0 saturated carbocycles. The van der Waals surface area contributed by atoms with E-state index in [4.69, 9.17) is 14.3 Å². The second kappa shape index (κ2) is 7.09. The van der Waals surface area contributed by atoms with E-state index in [9.17, 15) is 9.59 Å². The number of amides is 1. The number of benzene rings is 1. The van der Waals surface area contributed by atoms with Crippen LogP contribution in [0, 0.1) is 0 Å². The topological polar surface area (TPSA) is 102 Å². The van der Waals surface area contributed by atoms with Gasteiger partial charge in [0.15, 0.2) is 6.61 Å². The quantitative estimate of drug-likeness (QED) is 0.805. The third kappa shape index (κ3) is 4.98. The van der Waals surface area contributed by atoms with Crippen LogP contribution in [0.15, 0.2) is 41.0 Å². The average Bonchev–Trinajstić information content (AvgIpc) is 2.91. The maximum Gasteiger partial charge on any atom is 0.303 e. The predicted molar refractivity (Wildman–Crippen MR) is 73.0 cm³/mol. The SMILES string of the molecule is O=C(O)CCc1coc(NC(=O)COc2ccccc2)n1. The first-order valence-electron chi connectivity index (χ1n) is 6.27. The number of oxazole rings is 1. The van der Waals surface area contributed by atoms with E-state index >= 15 is 0 Å². The van der Waals surface area contributed by atoms with E-state index in [0.717, 1.165) is 0 Å². The van der Waals surface area contributed by atoms with Crippen LogP contribution < -0.4 is 10.1 Å². The number of ether oxygens (including phenoxy) is 1. The fourth-order valence-corrected chi connectivity index (χ4v) is 1.54. The summed E-state index contributed by atoms with van der Waals surface area (Å²) in [5.41, 5.74) is 0.469. The third-order valence-electron chi connectivity index (χ3n) is 2.51. The molecule has 1 amide bonds. The highest BCUT2D eigenvalue weighted by molar-refractivity contribution is 5.89. The van der Waals surface area contributed by atoms with Gasteiger partial charge in [-0.2, -0.15) is 4.98 Å². The molecule has 0 fully saturated rings. The molecule has 0 unspecified atom stereocenters. The highest BCUT2D eigenvalue weighted by Gasteiger charge is 2.10. The molecular formula is C14H14N2O5. The van der Waals surface area contributed by atoms with Crippen molar-refractivity contribution in [2.75, 3.05) is 11.9 Å². The van der Waals surface area contributed by atoms with Crippen LogP contribution in [-0.4, -0.2) is 28.6 Å². The number of aliphatic carboxylic acids is 1. The molecule has 0 aliphatic rings. The fourth-order valence-electron chi connectivity index (χ4n) is 1.54. The van der Waals surface area contributed by atoms with Crippen LogP contribution in [0.2, 0.25) is 0 Å². The van der Waals surface area contributed by atoms with E-state index < -0.39 is 11.9 Å². The summed E-state index contributed by atoms with van der Waals surface area (Å²) in [7, 11) is 0. The van der Waals surface area contributed by atoms with E-state index in [1.54, 1.807) is 24.3 Å². The Hall–Kier alpha value is -2.83. The standard InChI is InChI=1S/C14H14N2O5/c17-12(9-20-11-4-2-1-3-5-11)16-14-15-10(8-21-14)6-7-13(18)19/h1-5,8H,6-7,9H2,(H,18,19)(H,15,16,17). The zero-order valence-electron chi connectivity index (χ0n) is 11.1.